The predicted molar refractivity (Wildman–Crippen MR) is 153 cm³/mol. The van der Waals surface area contributed by atoms with Crippen LogP contribution in [0.4, 0.5) is 26.9 Å². The van der Waals surface area contributed by atoms with Gasteiger partial charge in [-0.25, -0.2) is 24.5 Å². The van der Waals surface area contributed by atoms with Crippen molar-refractivity contribution in [3.63, 3.8) is 0 Å². The molecule has 3 aromatic heterocycles. The summed E-state index contributed by atoms with van der Waals surface area (Å²) in [7, 11) is 0. The molecule has 1 aliphatic carbocycles. The number of carboxylic acid groups (broad SMARTS) is 1. The summed E-state index contributed by atoms with van der Waals surface area (Å²) in [6.45, 7) is 6.33. The van der Waals surface area contributed by atoms with E-state index in [1.54, 1.807) is 39.2 Å². The highest BCUT2D eigenvalue weighted by atomic mass is 16.6. The number of ether oxygens (including phenoxy) is 1. The largest absolute Gasteiger partial charge is 0.465 e. The molecule has 0 atom stereocenters. The maximum absolute atomic E-state index is 13.5. The smallest absolute Gasteiger partial charge is 0.421 e. The monoisotopic (exact) mass is 555 g/mol. The van der Waals surface area contributed by atoms with E-state index in [4.69, 9.17) is 9.72 Å². The van der Waals surface area contributed by atoms with Gasteiger partial charge in [0, 0.05) is 43.3 Å². The van der Waals surface area contributed by atoms with Crippen LogP contribution in [0.15, 0.2) is 48.9 Å². The molecule has 0 bridgehead atoms. The Kier molecular flexibility index (Phi) is 7.75. The van der Waals surface area contributed by atoms with Crippen molar-refractivity contribution in [1.82, 2.24) is 19.9 Å². The van der Waals surface area contributed by atoms with Crippen LogP contribution < -0.4 is 10.2 Å². The number of amides is 2. The standard InChI is InChI=1S/C30H33N7O4/c1-30(2,3)41-29(40)37(26-12-19(16-31)6-9-33-26)27-15-21(20-4-5-20)14-25(35-27)22-13-24(18-32-17-22)34-23-7-10-36(11-8-23)28(38)39/h6,9,12-15,17-18,20,23,34H,4-5,7-8,10-11H2,1-3H3,(H,38,39). The number of pyridine rings is 3. The molecular formula is C30H33N7O4. The van der Waals surface area contributed by atoms with Gasteiger partial charge in [0.25, 0.3) is 0 Å². The number of aromatic nitrogens is 3. The van der Waals surface area contributed by atoms with Crippen molar-refractivity contribution in [3.05, 3.63) is 60.0 Å². The molecule has 2 N–H and O–H groups in total. The maximum Gasteiger partial charge on any atom is 0.421 e. The molecule has 1 saturated heterocycles. The fraction of sp³-hybridized carbons (Fsp3) is 0.400. The molecule has 0 unspecified atom stereocenters. The number of carbonyl (C=O) groups is 2. The predicted octanol–water partition coefficient (Wildman–Crippen LogP) is 5.92. The Morgan fingerprint density at radius 3 is 2.51 bits per heavy atom. The average molecular weight is 556 g/mol. The molecule has 5 rings (SSSR count). The third kappa shape index (κ3) is 6.90. The first kappa shape index (κ1) is 27.8. The first-order valence-corrected chi connectivity index (χ1v) is 13.7. The van der Waals surface area contributed by atoms with Crippen molar-refractivity contribution in [2.24, 2.45) is 0 Å². The van der Waals surface area contributed by atoms with Gasteiger partial charge in [0.2, 0.25) is 0 Å². The summed E-state index contributed by atoms with van der Waals surface area (Å²) in [5, 5.41) is 22.2. The third-order valence-electron chi connectivity index (χ3n) is 6.96. The summed E-state index contributed by atoms with van der Waals surface area (Å²) in [5.74, 6) is 0.953. The molecule has 212 valence electrons. The topological polar surface area (TPSA) is 145 Å². The summed E-state index contributed by atoms with van der Waals surface area (Å²) in [4.78, 5) is 41.2. The number of carbonyl (C=O) groups excluding carboxylic acids is 1. The van der Waals surface area contributed by atoms with Gasteiger partial charge in [-0.15, -0.1) is 0 Å². The minimum absolute atomic E-state index is 0.130. The summed E-state index contributed by atoms with van der Waals surface area (Å²) >= 11 is 0. The van der Waals surface area contributed by atoms with E-state index in [0.717, 1.165) is 29.7 Å². The van der Waals surface area contributed by atoms with Gasteiger partial charge < -0.3 is 20.1 Å². The number of anilines is 3. The number of nitriles is 1. The summed E-state index contributed by atoms with van der Waals surface area (Å²) in [5.41, 5.74) is 2.87. The Hall–Kier alpha value is -4.72. The van der Waals surface area contributed by atoms with E-state index in [1.807, 2.05) is 18.2 Å². The molecule has 1 aliphatic heterocycles. The second kappa shape index (κ2) is 11.4. The minimum Gasteiger partial charge on any atom is -0.465 e. The SMILES string of the molecule is CC(C)(C)OC(=O)N(c1cc(C#N)ccn1)c1cc(C2CC2)cc(-c2cncc(NC3CCN(C(=O)O)CC3)c2)n1. The van der Waals surface area contributed by atoms with E-state index in [1.165, 1.54) is 22.1 Å². The molecule has 3 aromatic rings. The van der Waals surface area contributed by atoms with Crippen LogP contribution in [0, 0.1) is 11.3 Å². The minimum atomic E-state index is -0.889. The van der Waals surface area contributed by atoms with Crippen LogP contribution in [0.2, 0.25) is 0 Å². The first-order valence-electron chi connectivity index (χ1n) is 13.7. The van der Waals surface area contributed by atoms with Crippen LogP contribution in [0.25, 0.3) is 11.3 Å². The second-order valence-electron chi connectivity index (χ2n) is 11.4. The zero-order valence-electron chi connectivity index (χ0n) is 23.4. The number of hydrogen-bond acceptors (Lipinski definition) is 8. The molecule has 41 heavy (non-hydrogen) atoms. The summed E-state index contributed by atoms with van der Waals surface area (Å²) in [6.07, 6.45) is 6.92. The lowest BCUT2D eigenvalue weighted by atomic mass is 10.0. The van der Waals surface area contributed by atoms with Gasteiger partial charge in [-0.2, -0.15) is 5.26 Å². The quantitative estimate of drug-likeness (QED) is 0.379. The van der Waals surface area contributed by atoms with Crippen LogP contribution in [0.5, 0.6) is 0 Å². The molecule has 0 aromatic carbocycles. The van der Waals surface area contributed by atoms with Gasteiger partial charge >= 0.3 is 12.2 Å². The van der Waals surface area contributed by atoms with E-state index in [9.17, 15) is 20.0 Å². The van der Waals surface area contributed by atoms with Crippen molar-refractivity contribution in [2.75, 3.05) is 23.3 Å². The fourth-order valence-corrected chi connectivity index (χ4v) is 4.78. The number of hydrogen-bond donors (Lipinski definition) is 2. The average Bonchev–Trinajstić information content (AvgIpc) is 3.79. The van der Waals surface area contributed by atoms with Crippen LogP contribution in [-0.2, 0) is 4.74 Å². The van der Waals surface area contributed by atoms with Crippen molar-refractivity contribution in [1.29, 1.82) is 5.26 Å². The Balaban J connectivity index is 1.49. The molecule has 11 heteroatoms. The van der Waals surface area contributed by atoms with E-state index in [0.29, 0.717) is 48.9 Å². The lowest BCUT2D eigenvalue weighted by molar-refractivity contribution is 0.0597. The molecule has 0 radical (unpaired) electrons. The molecule has 11 nitrogen and oxygen atoms in total. The fourth-order valence-electron chi connectivity index (χ4n) is 4.78. The Bertz CT molecular complexity index is 1480. The Morgan fingerprint density at radius 2 is 1.85 bits per heavy atom. The summed E-state index contributed by atoms with van der Waals surface area (Å²) < 4.78 is 5.73. The highest BCUT2D eigenvalue weighted by Gasteiger charge is 2.31. The molecule has 2 aliphatic rings. The third-order valence-corrected chi connectivity index (χ3v) is 6.96. The zero-order chi connectivity index (χ0) is 29.1. The molecular weight excluding hydrogens is 522 g/mol. The second-order valence-corrected chi connectivity index (χ2v) is 11.4. The van der Waals surface area contributed by atoms with Crippen LogP contribution in [0.1, 0.15) is 63.5 Å². The number of nitrogens with zero attached hydrogens (tertiary/aromatic N) is 6. The molecule has 1 saturated carbocycles. The lowest BCUT2D eigenvalue weighted by Crippen LogP contribution is -2.41. The number of likely N-dealkylation sites (tertiary alicyclic amines) is 1. The van der Waals surface area contributed by atoms with Gasteiger partial charge in [-0.05, 0) is 88.3 Å². The normalized spacial score (nSPS) is 15.6. The van der Waals surface area contributed by atoms with Gasteiger partial charge in [-0.1, -0.05) is 0 Å². The van der Waals surface area contributed by atoms with Crippen molar-refractivity contribution in [2.45, 2.75) is 64.0 Å². The number of rotatable bonds is 6. The van der Waals surface area contributed by atoms with E-state index in [-0.39, 0.29) is 11.9 Å². The van der Waals surface area contributed by atoms with Gasteiger partial charge in [0.05, 0.1) is 23.0 Å². The molecule has 2 fully saturated rings. The van der Waals surface area contributed by atoms with E-state index in [2.05, 4.69) is 21.4 Å². The van der Waals surface area contributed by atoms with Crippen molar-refractivity contribution < 1.29 is 19.4 Å². The van der Waals surface area contributed by atoms with E-state index >= 15 is 0 Å². The highest BCUT2D eigenvalue weighted by molar-refractivity contribution is 5.94. The van der Waals surface area contributed by atoms with Crippen molar-refractivity contribution in [3.8, 4) is 17.3 Å². The van der Waals surface area contributed by atoms with Crippen molar-refractivity contribution >= 4 is 29.5 Å². The van der Waals surface area contributed by atoms with E-state index < -0.39 is 17.8 Å². The van der Waals surface area contributed by atoms with Crippen LogP contribution >= 0.6 is 0 Å². The van der Waals surface area contributed by atoms with Gasteiger partial charge in [-0.3, -0.25) is 4.98 Å². The van der Waals surface area contributed by atoms with Gasteiger partial charge in [0.1, 0.15) is 17.2 Å². The van der Waals surface area contributed by atoms with Crippen LogP contribution in [0.3, 0.4) is 0 Å². The maximum atomic E-state index is 13.5. The first-order chi connectivity index (χ1) is 19.6. The molecule has 2 amide bonds. The number of piperidine rings is 1. The Morgan fingerprint density at radius 1 is 1.10 bits per heavy atom. The molecule has 0 spiro atoms. The molecule has 4 heterocycles. The van der Waals surface area contributed by atoms with Crippen LogP contribution in [-0.4, -0.2) is 61.9 Å². The summed E-state index contributed by atoms with van der Waals surface area (Å²) in [6, 6.07) is 11.2. The van der Waals surface area contributed by atoms with Gasteiger partial charge in [0.15, 0.2) is 0 Å². The highest BCUT2D eigenvalue weighted by Crippen LogP contribution is 2.43. The number of nitrogens with one attached hydrogen (secondary N) is 1. The lowest BCUT2D eigenvalue weighted by Gasteiger charge is -2.31. The zero-order valence-corrected chi connectivity index (χ0v) is 23.4. The Labute approximate surface area is 238 Å².